The lowest BCUT2D eigenvalue weighted by atomic mass is 10.3. The van der Waals surface area contributed by atoms with Gasteiger partial charge in [0.2, 0.25) is 5.91 Å². The van der Waals surface area contributed by atoms with Crippen molar-refractivity contribution in [1.29, 1.82) is 0 Å². The van der Waals surface area contributed by atoms with Crippen LogP contribution in [0.25, 0.3) is 0 Å². The average molecular weight is 273 g/mol. The summed E-state index contributed by atoms with van der Waals surface area (Å²) in [7, 11) is -3.52. The second-order valence-corrected chi connectivity index (χ2v) is 5.98. The molecule has 0 aliphatic carbocycles. The molecule has 1 N–H and O–H groups in total. The van der Waals surface area contributed by atoms with E-state index in [0.29, 0.717) is 6.54 Å². The molecule has 0 saturated heterocycles. The van der Waals surface area contributed by atoms with Crippen molar-refractivity contribution in [3.05, 3.63) is 30.1 Å². The van der Waals surface area contributed by atoms with Crippen molar-refractivity contribution in [2.45, 2.75) is 24.7 Å². The minimum absolute atomic E-state index is 0.0344. The van der Waals surface area contributed by atoms with E-state index in [1.54, 1.807) is 0 Å². The Hall–Kier alpha value is -1.43. The van der Waals surface area contributed by atoms with Gasteiger partial charge in [-0.2, -0.15) is 0 Å². The Bertz CT molecular complexity index is 497. The second kappa shape index (κ2) is 6.49. The van der Waals surface area contributed by atoms with E-state index in [0.717, 1.165) is 18.6 Å². The van der Waals surface area contributed by atoms with Gasteiger partial charge in [-0.1, -0.05) is 6.92 Å². The number of sulfone groups is 1. The lowest BCUT2D eigenvalue weighted by Gasteiger charge is -2.05. The fourth-order valence-electron chi connectivity index (χ4n) is 1.34. The van der Waals surface area contributed by atoms with Crippen LogP contribution in [0.4, 0.5) is 4.39 Å². The monoisotopic (exact) mass is 273 g/mol. The molecule has 0 bridgehead atoms. The van der Waals surface area contributed by atoms with Gasteiger partial charge in [0.05, 0.1) is 10.6 Å². The third-order valence-electron chi connectivity index (χ3n) is 2.34. The van der Waals surface area contributed by atoms with Crippen molar-refractivity contribution in [3.8, 4) is 0 Å². The van der Waals surface area contributed by atoms with E-state index in [1.807, 2.05) is 6.92 Å². The molecule has 1 aromatic rings. The van der Waals surface area contributed by atoms with Crippen LogP contribution in [0.2, 0.25) is 0 Å². The van der Waals surface area contributed by atoms with Crippen molar-refractivity contribution >= 4 is 15.7 Å². The zero-order valence-electron chi connectivity index (χ0n) is 10.1. The van der Waals surface area contributed by atoms with E-state index in [9.17, 15) is 17.6 Å². The molecular weight excluding hydrogens is 257 g/mol. The van der Waals surface area contributed by atoms with Gasteiger partial charge < -0.3 is 5.32 Å². The van der Waals surface area contributed by atoms with Gasteiger partial charge >= 0.3 is 0 Å². The first-order valence-electron chi connectivity index (χ1n) is 5.70. The quantitative estimate of drug-likeness (QED) is 0.799. The Morgan fingerprint density at radius 2 is 1.89 bits per heavy atom. The Kier molecular flexibility index (Phi) is 5.27. The first-order valence-corrected chi connectivity index (χ1v) is 7.36. The predicted molar refractivity (Wildman–Crippen MR) is 66.4 cm³/mol. The van der Waals surface area contributed by atoms with Crippen LogP contribution in [0.1, 0.15) is 19.8 Å². The normalized spacial score (nSPS) is 11.2. The molecule has 0 fully saturated rings. The largest absolute Gasteiger partial charge is 0.356 e. The molecule has 1 rings (SSSR count). The summed E-state index contributed by atoms with van der Waals surface area (Å²) in [5, 5.41) is 2.60. The predicted octanol–water partition coefficient (Wildman–Crippen LogP) is 1.52. The van der Waals surface area contributed by atoms with Gasteiger partial charge in [-0.25, -0.2) is 12.8 Å². The summed E-state index contributed by atoms with van der Waals surface area (Å²) in [4.78, 5) is 11.3. The van der Waals surface area contributed by atoms with Gasteiger partial charge in [0.15, 0.2) is 9.84 Å². The summed E-state index contributed by atoms with van der Waals surface area (Å²) in [5.74, 6) is -1.05. The number of nitrogens with one attached hydrogen (secondary N) is 1. The first-order chi connectivity index (χ1) is 8.45. The fourth-order valence-corrected chi connectivity index (χ4v) is 2.58. The lowest BCUT2D eigenvalue weighted by Crippen LogP contribution is -2.26. The van der Waals surface area contributed by atoms with Gasteiger partial charge in [-0.15, -0.1) is 0 Å². The summed E-state index contributed by atoms with van der Waals surface area (Å²) in [6, 6.07) is 4.58. The molecule has 0 aromatic heterocycles. The van der Waals surface area contributed by atoms with Crippen LogP contribution >= 0.6 is 0 Å². The zero-order valence-corrected chi connectivity index (χ0v) is 11.0. The molecule has 18 heavy (non-hydrogen) atoms. The number of amides is 1. The molecule has 0 heterocycles. The number of hydrogen-bond donors (Lipinski definition) is 1. The smallest absolute Gasteiger partial charge is 0.221 e. The van der Waals surface area contributed by atoms with Gasteiger partial charge in [0, 0.05) is 13.0 Å². The second-order valence-electron chi connectivity index (χ2n) is 3.87. The molecule has 0 unspecified atom stereocenters. The van der Waals surface area contributed by atoms with Gasteiger partial charge in [-0.3, -0.25) is 4.79 Å². The molecule has 1 amide bonds. The third kappa shape index (κ3) is 4.44. The van der Waals surface area contributed by atoms with E-state index in [1.165, 1.54) is 12.1 Å². The van der Waals surface area contributed by atoms with Crippen LogP contribution < -0.4 is 5.32 Å². The van der Waals surface area contributed by atoms with Crippen molar-refractivity contribution in [3.63, 3.8) is 0 Å². The number of benzene rings is 1. The van der Waals surface area contributed by atoms with E-state index in [4.69, 9.17) is 0 Å². The molecule has 100 valence electrons. The van der Waals surface area contributed by atoms with E-state index < -0.39 is 15.7 Å². The van der Waals surface area contributed by atoms with E-state index >= 15 is 0 Å². The highest BCUT2D eigenvalue weighted by atomic mass is 32.2. The van der Waals surface area contributed by atoms with Crippen LogP contribution in [-0.2, 0) is 14.6 Å². The molecule has 0 aliphatic heterocycles. The number of hydrogen-bond acceptors (Lipinski definition) is 3. The standard InChI is InChI=1S/C12H16FNO3S/c1-2-8-14-12(15)7-9-18(16,17)11-5-3-10(13)4-6-11/h3-6H,2,7-9H2,1H3,(H,14,15). The topological polar surface area (TPSA) is 63.2 Å². The molecule has 0 radical (unpaired) electrons. The summed E-state index contributed by atoms with van der Waals surface area (Å²) < 4.78 is 36.3. The highest BCUT2D eigenvalue weighted by Crippen LogP contribution is 2.12. The summed E-state index contributed by atoms with van der Waals surface area (Å²) in [6.07, 6.45) is 0.718. The minimum Gasteiger partial charge on any atom is -0.356 e. The highest BCUT2D eigenvalue weighted by Gasteiger charge is 2.16. The van der Waals surface area contributed by atoms with Gasteiger partial charge in [0.25, 0.3) is 0 Å². The van der Waals surface area contributed by atoms with Gasteiger partial charge in [-0.05, 0) is 30.7 Å². The van der Waals surface area contributed by atoms with Crippen molar-refractivity contribution < 1.29 is 17.6 Å². The van der Waals surface area contributed by atoms with Crippen molar-refractivity contribution in [1.82, 2.24) is 5.32 Å². The summed E-state index contributed by atoms with van der Waals surface area (Å²) >= 11 is 0. The molecular formula is C12H16FNO3S. The van der Waals surface area contributed by atoms with Crippen LogP contribution in [0.3, 0.4) is 0 Å². The molecule has 4 nitrogen and oxygen atoms in total. The maximum atomic E-state index is 12.7. The van der Waals surface area contributed by atoms with Crippen LogP contribution in [0, 0.1) is 5.82 Å². The van der Waals surface area contributed by atoms with E-state index in [-0.39, 0.29) is 23.0 Å². The average Bonchev–Trinajstić information content (AvgIpc) is 2.34. The number of halogens is 1. The molecule has 1 aromatic carbocycles. The van der Waals surface area contributed by atoms with Crippen molar-refractivity contribution in [2.24, 2.45) is 0 Å². The number of carbonyl (C=O) groups excluding carboxylic acids is 1. The molecule has 0 aliphatic rings. The Labute approximate surface area is 106 Å². The first kappa shape index (κ1) is 14.6. The van der Waals surface area contributed by atoms with Gasteiger partial charge in [0.1, 0.15) is 5.82 Å². The Morgan fingerprint density at radius 1 is 1.28 bits per heavy atom. The molecule has 0 spiro atoms. The molecule has 6 heteroatoms. The number of carbonyl (C=O) groups is 1. The van der Waals surface area contributed by atoms with Crippen LogP contribution in [0.5, 0.6) is 0 Å². The van der Waals surface area contributed by atoms with Crippen molar-refractivity contribution in [2.75, 3.05) is 12.3 Å². The molecule has 0 atom stereocenters. The highest BCUT2D eigenvalue weighted by molar-refractivity contribution is 7.91. The van der Waals surface area contributed by atoms with Crippen LogP contribution in [0.15, 0.2) is 29.2 Å². The Morgan fingerprint density at radius 3 is 2.44 bits per heavy atom. The SMILES string of the molecule is CCCNC(=O)CCS(=O)(=O)c1ccc(F)cc1. The number of rotatable bonds is 6. The minimum atomic E-state index is -3.52. The van der Waals surface area contributed by atoms with Crippen LogP contribution in [-0.4, -0.2) is 26.6 Å². The maximum Gasteiger partial charge on any atom is 0.221 e. The Balaban J connectivity index is 2.60. The maximum absolute atomic E-state index is 12.7. The molecule has 0 saturated carbocycles. The summed E-state index contributed by atoms with van der Waals surface area (Å²) in [5.41, 5.74) is 0. The summed E-state index contributed by atoms with van der Waals surface area (Å²) in [6.45, 7) is 2.45. The zero-order chi connectivity index (χ0) is 13.6. The third-order valence-corrected chi connectivity index (χ3v) is 4.07. The lowest BCUT2D eigenvalue weighted by molar-refractivity contribution is -0.120. The van der Waals surface area contributed by atoms with E-state index in [2.05, 4.69) is 5.32 Å². The fraction of sp³-hybridized carbons (Fsp3) is 0.417.